The van der Waals surface area contributed by atoms with Gasteiger partial charge in [-0.15, -0.1) is 0 Å². The lowest BCUT2D eigenvalue weighted by Crippen LogP contribution is -2.32. The van der Waals surface area contributed by atoms with Crippen LogP contribution in [-0.2, 0) is 14.6 Å². The molecule has 1 aromatic rings. The van der Waals surface area contributed by atoms with Crippen LogP contribution in [0.5, 0.6) is 0 Å². The van der Waals surface area contributed by atoms with Crippen molar-refractivity contribution < 1.29 is 13.2 Å². The molecular weight excluding hydrogens is 335 g/mol. The van der Waals surface area contributed by atoms with Gasteiger partial charge in [-0.2, -0.15) is 0 Å². The molecule has 2 N–H and O–H groups in total. The van der Waals surface area contributed by atoms with Crippen molar-refractivity contribution in [3.05, 3.63) is 28.2 Å². The maximum Gasteiger partial charge on any atom is 0.238 e. The summed E-state index contributed by atoms with van der Waals surface area (Å²) in [6.45, 7) is 0.584. The van der Waals surface area contributed by atoms with E-state index in [1.54, 1.807) is 18.2 Å². The van der Waals surface area contributed by atoms with E-state index in [1.807, 2.05) is 0 Å². The first-order valence-corrected chi connectivity index (χ1v) is 9.10. The van der Waals surface area contributed by atoms with Gasteiger partial charge >= 0.3 is 0 Å². The number of sulfone groups is 1. The maximum absolute atomic E-state index is 11.8. The summed E-state index contributed by atoms with van der Waals surface area (Å²) in [5.41, 5.74) is 0.385. The predicted molar refractivity (Wildman–Crippen MR) is 84.7 cm³/mol. The summed E-state index contributed by atoms with van der Waals surface area (Å²) < 4.78 is 22.6. The number of halogens is 2. The number of rotatable bonds is 5. The van der Waals surface area contributed by atoms with Crippen molar-refractivity contribution in [3.8, 4) is 0 Å². The van der Waals surface area contributed by atoms with E-state index < -0.39 is 9.84 Å². The van der Waals surface area contributed by atoms with Crippen molar-refractivity contribution in [2.45, 2.75) is 6.42 Å². The van der Waals surface area contributed by atoms with Crippen LogP contribution in [0.2, 0.25) is 10.0 Å². The Labute approximate surface area is 133 Å². The highest BCUT2D eigenvalue weighted by atomic mass is 35.5. The fraction of sp³-hybridized carbons (Fsp3) is 0.462. The van der Waals surface area contributed by atoms with Gasteiger partial charge in [-0.05, 0) is 31.0 Å². The first-order valence-electron chi connectivity index (χ1n) is 6.52. The molecular formula is C13H16Cl2N2O3S. The normalized spacial score (nSPS) is 20.4. The first-order chi connectivity index (χ1) is 9.87. The van der Waals surface area contributed by atoms with Gasteiger partial charge in [-0.1, -0.05) is 29.3 Å². The van der Waals surface area contributed by atoms with E-state index in [-0.39, 0.29) is 29.9 Å². The van der Waals surface area contributed by atoms with Crippen molar-refractivity contribution in [3.63, 3.8) is 0 Å². The average molecular weight is 351 g/mol. The highest BCUT2D eigenvalue weighted by molar-refractivity contribution is 7.91. The summed E-state index contributed by atoms with van der Waals surface area (Å²) >= 11 is 11.9. The van der Waals surface area contributed by atoms with Crippen molar-refractivity contribution in [1.29, 1.82) is 0 Å². The minimum atomic E-state index is -2.88. The second-order valence-electron chi connectivity index (χ2n) is 5.04. The summed E-state index contributed by atoms with van der Waals surface area (Å²) in [5, 5.41) is 6.34. The molecule has 1 saturated heterocycles. The van der Waals surface area contributed by atoms with Crippen LogP contribution in [0.25, 0.3) is 0 Å². The Bertz CT molecular complexity index is 614. The average Bonchev–Trinajstić information content (AvgIpc) is 2.74. The van der Waals surface area contributed by atoms with Gasteiger partial charge in [0.25, 0.3) is 0 Å². The molecule has 0 bridgehead atoms. The van der Waals surface area contributed by atoms with E-state index in [1.165, 1.54) is 0 Å². The molecule has 0 saturated carbocycles. The van der Waals surface area contributed by atoms with Gasteiger partial charge in [-0.25, -0.2) is 8.42 Å². The number of carbonyl (C=O) groups is 1. The first kappa shape index (κ1) is 16.5. The second kappa shape index (κ2) is 6.96. The Balaban J connectivity index is 1.78. The van der Waals surface area contributed by atoms with Gasteiger partial charge in [0, 0.05) is 0 Å². The summed E-state index contributed by atoms with van der Waals surface area (Å²) in [5.74, 6) is 0.233. The Kier molecular flexibility index (Phi) is 5.48. The molecule has 0 radical (unpaired) electrons. The van der Waals surface area contributed by atoms with E-state index in [9.17, 15) is 13.2 Å². The van der Waals surface area contributed by atoms with Gasteiger partial charge in [0.05, 0.1) is 33.8 Å². The minimum absolute atomic E-state index is 0.0756. The van der Waals surface area contributed by atoms with Crippen LogP contribution in [-0.4, -0.2) is 38.9 Å². The third-order valence-corrected chi connectivity index (χ3v) is 5.74. The number of hydrogen-bond donors (Lipinski definition) is 2. The summed E-state index contributed by atoms with van der Waals surface area (Å²) in [7, 11) is -2.88. The van der Waals surface area contributed by atoms with Crippen molar-refractivity contribution >= 4 is 44.6 Å². The van der Waals surface area contributed by atoms with E-state index >= 15 is 0 Å². The Hall–Kier alpha value is -0.820. The third-order valence-electron chi connectivity index (χ3n) is 3.27. The molecule has 1 aliphatic rings. The van der Waals surface area contributed by atoms with Crippen LogP contribution in [0.4, 0.5) is 5.69 Å². The van der Waals surface area contributed by atoms with Crippen molar-refractivity contribution in [2.75, 3.05) is 29.9 Å². The topological polar surface area (TPSA) is 75.3 Å². The Morgan fingerprint density at radius 1 is 1.29 bits per heavy atom. The van der Waals surface area contributed by atoms with Crippen LogP contribution < -0.4 is 10.6 Å². The molecule has 1 unspecified atom stereocenters. The molecule has 21 heavy (non-hydrogen) atoms. The monoisotopic (exact) mass is 350 g/mol. The lowest BCUT2D eigenvalue weighted by atomic mass is 10.1. The summed E-state index contributed by atoms with van der Waals surface area (Å²) in [6, 6.07) is 4.97. The Morgan fingerprint density at radius 3 is 2.52 bits per heavy atom. The van der Waals surface area contributed by atoms with Crippen LogP contribution >= 0.6 is 23.2 Å². The third kappa shape index (κ3) is 4.85. The molecule has 116 valence electrons. The van der Waals surface area contributed by atoms with Crippen molar-refractivity contribution in [1.82, 2.24) is 5.32 Å². The predicted octanol–water partition coefficient (Wildman–Crippen LogP) is 1.96. The lowest BCUT2D eigenvalue weighted by molar-refractivity contribution is -0.115. The van der Waals surface area contributed by atoms with Gasteiger partial charge in [0.15, 0.2) is 9.84 Å². The van der Waals surface area contributed by atoms with E-state index in [4.69, 9.17) is 23.2 Å². The number of para-hydroxylation sites is 1. The summed E-state index contributed by atoms with van der Waals surface area (Å²) in [6.07, 6.45) is 0.646. The maximum atomic E-state index is 11.8. The molecule has 8 heteroatoms. The smallest absolute Gasteiger partial charge is 0.238 e. The van der Waals surface area contributed by atoms with E-state index in [2.05, 4.69) is 10.6 Å². The largest absolute Gasteiger partial charge is 0.322 e. The number of benzene rings is 1. The summed E-state index contributed by atoms with van der Waals surface area (Å²) in [4.78, 5) is 11.8. The minimum Gasteiger partial charge on any atom is -0.322 e. The van der Waals surface area contributed by atoms with Gasteiger partial charge in [0.1, 0.15) is 0 Å². The molecule has 1 heterocycles. The quantitative estimate of drug-likeness (QED) is 0.850. The fourth-order valence-electron chi connectivity index (χ4n) is 2.22. The molecule has 1 aromatic carbocycles. The molecule has 5 nitrogen and oxygen atoms in total. The number of anilines is 1. The Morgan fingerprint density at radius 2 is 1.95 bits per heavy atom. The van der Waals surface area contributed by atoms with E-state index in [0.29, 0.717) is 28.7 Å². The highest BCUT2D eigenvalue weighted by Crippen LogP contribution is 2.29. The zero-order valence-corrected chi connectivity index (χ0v) is 13.6. The SMILES string of the molecule is O=C(CNCC1CCS(=O)(=O)C1)Nc1c(Cl)cccc1Cl. The fourth-order valence-corrected chi connectivity index (χ4v) is 4.58. The molecule has 0 spiro atoms. The standard InChI is InChI=1S/C13H16Cl2N2O3S/c14-10-2-1-3-11(15)13(10)17-12(18)7-16-6-9-4-5-21(19,20)8-9/h1-3,9,16H,4-8H2,(H,17,18). The number of amides is 1. The molecule has 1 aliphatic heterocycles. The molecule has 2 rings (SSSR count). The number of hydrogen-bond acceptors (Lipinski definition) is 4. The zero-order valence-electron chi connectivity index (χ0n) is 11.2. The van der Waals surface area contributed by atoms with E-state index in [0.717, 1.165) is 0 Å². The van der Waals surface area contributed by atoms with Crippen molar-refractivity contribution in [2.24, 2.45) is 5.92 Å². The van der Waals surface area contributed by atoms with Crippen LogP contribution in [0, 0.1) is 5.92 Å². The zero-order chi connectivity index (χ0) is 15.5. The molecule has 1 atom stereocenters. The molecule has 1 fully saturated rings. The van der Waals surface area contributed by atoms with Crippen LogP contribution in [0.15, 0.2) is 18.2 Å². The molecule has 1 amide bonds. The highest BCUT2D eigenvalue weighted by Gasteiger charge is 2.27. The van der Waals surface area contributed by atoms with Crippen LogP contribution in [0.1, 0.15) is 6.42 Å². The number of carbonyl (C=O) groups excluding carboxylic acids is 1. The van der Waals surface area contributed by atoms with Gasteiger partial charge in [-0.3, -0.25) is 4.79 Å². The van der Waals surface area contributed by atoms with Gasteiger partial charge < -0.3 is 10.6 Å². The van der Waals surface area contributed by atoms with Gasteiger partial charge in [0.2, 0.25) is 5.91 Å². The van der Waals surface area contributed by atoms with Crippen LogP contribution in [0.3, 0.4) is 0 Å². The lowest BCUT2D eigenvalue weighted by Gasteiger charge is -2.11. The number of nitrogens with one attached hydrogen (secondary N) is 2. The molecule has 0 aromatic heterocycles. The molecule has 0 aliphatic carbocycles. The second-order valence-corrected chi connectivity index (χ2v) is 8.09.